The lowest BCUT2D eigenvalue weighted by molar-refractivity contribution is 0.914. The van der Waals surface area contributed by atoms with Gasteiger partial charge in [0.15, 0.2) is 5.65 Å². The molecule has 0 atom stereocenters. The van der Waals surface area contributed by atoms with Crippen molar-refractivity contribution in [3.8, 4) is 0 Å². The number of nitrogens with zero attached hydrogens (tertiary/aromatic N) is 4. The molecule has 56 valence electrons. The van der Waals surface area contributed by atoms with Crippen molar-refractivity contribution in [2.45, 2.75) is 6.92 Å². The quantitative estimate of drug-likeness (QED) is 0.573. The first-order valence-corrected chi connectivity index (χ1v) is 3.20. The Labute approximate surface area is 62.9 Å². The van der Waals surface area contributed by atoms with Crippen LogP contribution in [0, 0.1) is 6.92 Å². The number of fused-ring (bicyclic) bond motifs is 1. The van der Waals surface area contributed by atoms with Gasteiger partial charge in [-0.15, -0.1) is 5.10 Å². The van der Waals surface area contributed by atoms with E-state index in [0.29, 0.717) is 0 Å². The maximum absolute atomic E-state index is 5.37. The minimum absolute atomic E-state index is 0.275. The van der Waals surface area contributed by atoms with Crippen LogP contribution in [0.5, 0.6) is 0 Å². The van der Waals surface area contributed by atoms with Crippen molar-refractivity contribution in [2.24, 2.45) is 0 Å². The lowest BCUT2D eigenvalue weighted by Crippen LogP contribution is -1.91. The Kier molecular flexibility index (Phi) is 1.06. The third kappa shape index (κ3) is 0.899. The minimum Gasteiger partial charge on any atom is -0.366 e. The van der Waals surface area contributed by atoms with Gasteiger partial charge in [-0.05, 0) is 6.92 Å². The second-order valence-electron chi connectivity index (χ2n) is 2.30. The average molecular weight is 149 g/mol. The van der Waals surface area contributed by atoms with Crippen LogP contribution in [0.3, 0.4) is 0 Å². The molecular formula is C6H7N5. The molecule has 5 heteroatoms. The summed E-state index contributed by atoms with van der Waals surface area (Å²) in [5, 5.41) is 3.88. The van der Waals surface area contributed by atoms with Gasteiger partial charge < -0.3 is 5.73 Å². The summed E-state index contributed by atoms with van der Waals surface area (Å²) < 4.78 is 1.54. The fourth-order valence-electron chi connectivity index (χ4n) is 0.906. The predicted octanol–water partition coefficient (Wildman–Crippen LogP) is 0.0149. The topological polar surface area (TPSA) is 69.1 Å². The van der Waals surface area contributed by atoms with Crippen LogP contribution in [-0.4, -0.2) is 19.6 Å². The fourth-order valence-corrected chi connectivity index (χ4v) is 0.906. The normalized spacial score (nSPS) is 10.6. The molecule has 0 unspecified atom stereocenters. The second-order valence-corrected chi connectivity index (χ2v) is 2.30. The first kappa shape index (κ1) is 6.09. The average Bonchev–Trinajstić information content (AvgIpc) is 2.27. The number of anilines is 1. The molecule has 0 fully saturated rings. The third-order valence-corrected chi connectivity index (χ3v) is 1.38. The van der Waals surface area contributed by atoms with Gasteiger partial charge in [0.2, 0.25) is 5.95 Å². The smallest absolute Gasteiger partial charge is 0.240 e. The van der Waals surface area contributed by atoms with Gasteiger partial charge in [-0.3, -0.25) is 0 Å². The number of hydrogen-bond donors (Lipinski definition) is 1. The van der Waals surface area contributed by atoms with Gasteiger partial charge in [-0.1, -0.05) is 0 Å². The first-order chi connectivity index (χ1) is 5.25. The Morgan fingerprint density at radius 1 is 1.55 bits per heavy atom. The third-order valence-electron chi connectivity index (χ3n) is 1.38. The Morgan fingerprint density at radius 2 is 2.36 bits per heavy atom. The van der Waals surface area contributed by atoms with Crippen LogP contribution in [0.15, 0.2) is 12.4 Å². The monoisotopic (exact) mass is 149 g/mol. The van der Waals surface area contributed by atoms with Crippen LogP contribution in [0.25, 0.3) is 5.65 Å². The van der Waals surface area contributed by atoms with Gasteiger partial charge >= 0.3 is 0 Å². The summed E-state index contributed by atoms with van der Waals surface area (Å²) in [5.41, 5.74) is 7.01. The summed E-state index contributed by atoms with van der Waals surface area (Å²) in [5.74, 6) is 0.275. The van der Waals surface area contributed by atoms with Crippen molar-refractivity contribution in [1.29, 1.82) is 0 Å². The molecule has 2 rings (SSSR count). The number of aromatic nitrogens is 4. The lowest BCUT2D eigenvalue weighted by atomic mass is 10.4. The van der Waals surface area contributed by atoms with Crippen LogP contribution < -0.4 is 5.73 Å². The van der Waals surface area contributed by atoms with E-state index in [1.54, 1.807) is 10.8 Å². The van der Waals surface area contributed by atoms with Gasteiger partial charge in [0.25, 0.3) is 0 Å². The summed E-state index contributed by atoms with van der Waals surface area (Å²) in [7, 11) is 0. The summed E-state index contributed by atoms with van der Waals surface area (Å²) in [6.45, 7) is 1.89. The zero-order valence-corrected chi connectivity index (χ0v) is 6.02. The highest BCUT2D eigenvalue weighted by Crippen LogP contribution is 2.01. The van der Waals surface area contributed by atoms with Gasteiger partial charge in [-0.2, -0.15) is 4.98 Å². The summed E-state index contributed by atoms with van der Waals surface area (Å²) in [4.78, 5) is 7.99. The van der Waals surface area contributed by atoms with E-state index < -0.39 is 0 Å². The van der Waals surface area contributed by atoms with Crippen molar-refractivity contribution in [3.63, 3.8) is 0 Å². The minimum atomic E-state index is 0.275. The molecule has 11 heavy (non-hydrogen) atoms. The first-order valence-electron chi connectivity index (χ1n) is 3.20. The van der Waals surface area contributed by atoms with Crippen LogP contribution in [-0.2, 0) is 0 Å². The molecule has 2 N–H and O–H groups in total. The molecule has 0 amide bonds. The maximum atomic E-state index is 5.37. The number of nitrogen functional groups attached to an aromatic ring is 1. The Hall–Kier alpha value is -1.65. The molecule has 0 aromatic carbocycles. The zero-order valence-electron chi connectivity index (χ0n) is 6.02. The van der Waals surface area contributed by atoms with E-state index in [-0.39, 0.29) is 5.95 Å². The highest BCUT2D eigenvalue weighted by Gasteiger charge is 1.98. The standard InChI is InChI=1S/C6H7N5/c1-4-2-5-9-6(7)10-11(5)3-8-4/h2-3H,1H3,(H2,7,10). The molecule has 5 nitrogen and oxygen atoms in total. The van der Waals surface area contributed by atoms with E-state index in [1.807, 2.05) is 13.0 Å². The van der Waals surface area contributed by atoms with Crippen LogP contribution in [0.2, 0.25) is 0 Å². The van der Waals surface area contributed by atoms with Crippen LogP contribution >= 0.6 is 0 Å². The zero-order chi connectivity index (χ0) is 7.84. The number of nitrogens with two attached hydrogens (primary N) is 1. The number of aryl methyl sites for hydroxylation is 1. The highest BCUT2D eigenvalue weighted by atomic mass is 15.3. The molecule has 2 aromatic rings. The molecule has 0 spiro atoms. The summed E-state index contributed by atoms with van der Waals surface area (Å²) >= 11 is 0. The van der Waals surface area contributed by atoms with Crippen molar-refractivity contribution in [1.82, 2.24) is 19.6 Å². The molecule has 0 aliphatic rings. The van der Waals surface area contributed by atoms with Gasteiger partial charge in [0.1, 0.15) is 6.33 Å². The maximum Gasteiger partial charge on any atom is 0.240 e. The fraction of sp³-hybridized carbons (Fsp3) is 0.167. The Balaban J connectivity index is 2.82. The van der Waals surface area contributed by atoms with E-state index in [0.717, 1.165) is 11.3 Å². The Bertz CT molecular complexity index is 391. The summed E-state index contributed by atoms with van der Waals surface area (Å²) in [6, 6.07) is 1.82. The van der Waals surface area contributed by atoms with Crippen molar-refractivity contribution < 1.29 is 0 Å². The van der Waals surface area contributed by atoms with Crippen molar-refractivity contribution >= 4 is 11.6 Å². The molecule has 0 saturated carbocycles. The lowest BCUT2D eigenvalue weighted by Gasteiger charge is -1.89. The van der Waals surface area contributed by atoms with E-state index >= 15 is 0 Å². The van der Waals surface area contributed by atoms with Crippen molar-refractivity contribution in [2.75, 3.05) is 5.73 Å². The molecule has 0 aliphatic carbocycles. The van der Waals surface area contributed by atoms with E-state index in [4.69, 9.17) is 5.73 Å². The van der Waals surface area contributed by atoms with Gasteiger partial charge in [0.05, 0.1) is 0 Å². The van der Waals surface area contributed by atoms with Gasteiger partial charge in [0, 0.05) is 11.8 Å². The molecule has 0 radical (unpaired) electrons. The number of hydrogen-bond acceptors (Lipinski definition) is 4. The second kappa shape index (κ2) is 1.91. The molecule has 0 bridgehead atoms. The largest absolute Gasteiger partial charge is 0.366 e. The molecule has 2 heterocycles. The van der Waals surface area contributed by atoms with Gasteiger partial charge in [-0.25, -0.2) is 9.50 Å². The number of rotatable bonds is 0. The Morgan fingerprint density at radius 3 is 3.18 bits per heavy atom. The highest BCUT2D eigenvalue weighted by molar-refractivity contribution is 5.41. The molecule has 2 aromatic heterocycles. The van der Waals surface area contributed by atoms with E-state index in [1.165, 1.54) is 0 Å². The molecule has 0 saturated heterocycles. The van der Waals surface area contributed by atoms with E-state index in [2.05, 4.69) is 15.1 Å². The SMILES string of the molecule is Cc1cc2nc(N)nn2cn1. The van der Waals surface area contributed by atoms with Crippen LogP contribution in [0.1, 0.15) is 5.69 Å². The molecule has 0 aliphatic heterocycles. The van der Waals surface area contributed by atoms with Crippen LogP contribution in [0.4, 0.5) is 5.95 Å². The predicted molar refractivity (Wildman–Crippen MR) is 39.9 cm³/mol. The van der Waals surface area contributed by atoms with Crippen molar-refractivity contribution in [3.05, 3.63) is 18.1 Å². The summed E-state index contributed by atoms with van der Waals surface area (Å²) in [6.07, 6.45) is 1.59. The molecular weight excluding hydrogens is 142 g/mol. The van der Waals surface area contributed by atoms with E-state index in [9.17, 15) is 0 Å².